The van der Waals surface area contributed by atoms with Crippen LogP contribution < -0.4 is 5.73 Å². The first-order chi connectivity index (χ1) is 9.08. The van der Waals surface area contributed by atoms with Gasteiger partial charge in [-0.1, -0.05) is 42.5 Å². The average molecular weight is 251 g/mol. The Hall–Kier alpha value is -2.35. The Labute approximate surface area is 113 Å². The molecular formula is C17H17NO. The summed E-state index contributed by atoms with van der Waals surface area (Å²) in [4.78, 5) is 10.9. The fourth-order valence-electron chi connectivity index (χ4n) is 1.99. The van der Waals surface area contributed by atoms with Crippen LogP contribution in [0.2, 0.25) is 0 Å². The van der Waals surface area contributed by atoms with E-state index in [0.717, 1.165) is 16.7 Å². The van der Waals surface area contributed by atoms with Gasteiger partial charge in [0.05, 0.1) is 0 Å². The van der Waals surface area contributed by atoms with Gasteiger partial charge in [0.2, 0.25) is 5.91 Å². The lowest BCUT2D eigenvalue weighted by Gasteiger charge is -2.08. The van der Waals surface area contributed by atoms with E-state index in [4.69, 9.17) is 5.73 Å². The molecule has 96 valence electrons. The Balaban J connectivity index is 2.49. The molecule has 0 aliphatic carbocycles. The summed E-state index contributed by atoms with van der Waals surface area (Å²) in [7, 11) is 0. The number of benzene rings is 2. The zero-order valence-electron chi connectivity index (χ0n) is 11.2. The fraction of sp³-hybridized carbons (Fsp3) is 0.118. The molecule has 0 bridgehead atoms. The molecule has 0 heterocycles. The maximum atomic E-state index is 10.9. The van der Waals surface area contributed by atoms with E-state index >= 15 is 0 Å². The van der Waals surface area contributed by atoms with Crippen LogP contribution in [0.3, 0.4) is 0 Å². The van der Waals surface area contributed by atoms with Crippen LogP contribution in [-0.2, 0) is 4.79 Å². The normalized spacial score (nSPS) is 10.8. The topological polar surface area (TPSA) is 43.1 Å². The van der Waals surface area contributed by atoms with Crippen LogP contribution in [-0.4, -0.2) is 5.91 Å². The number of amides is 1. The highest BCUT2D eigenvalue weighted by Gasteiger charge is 2.03. The van der Waals surface area contributed by atoms with E-state index < -0.39 is 5.91 Å². The van der Waals surface area contributed by atoms with Gasteiger partial charge in [-0.3, -0.25) is 4.79 Å². The largest absolute Gasteiger partial charge is 0.366 e. The minimum absolute atomic E-state index is 0.435. The highest BCUT2D eigenvalue weighted by molar-refractivity contribution is 5.91. The maximum Gasteiger partial charge on any atom is 0.241 e. The molecule has 2 N–H and O–H groups in total. The summed E-state index contributed by atoms with van der Waals surface area (Å²) in [6, 6.07) is 14.3. The van der Waals surface area contributed by atoms with Crippen LogP contribution in [0.1, 0.15) is 16.7 Å². The van der Waals surface area contributed by atoms with E-state index in [1.54, 1.807) is 6.08 Å². The summed E-state index contributed by atoms with van der Waals surface area (Å²) >= 11 is 0. The number of carbonyl (C=O) groups excluding carboxylic acids is 1. The number of rotatable bonds is 3. The average Bonchev–Trinajstić information content (AvgIpc) is 2.40. The molecule has 0 saturated carbocycles. The van der Waals surface area contributed by atoms with E-state index in [9.17, 15) is 4.79 Å². The number of nitrogens with two attached hydrogens (primary N) is 1. The first kappa shape index (κ1) is 13.1. The predicted octanol–water partition coefficient (Wildman–Crippen LogP) is 3.47. The van der Waals surface area contributed by atoms with Gasteiger partial charge >= 0.3 is 0 Å². The fourth-order valence-corrected chi connectivity index (χ4v) is 1.99. The van der Waals surface area contributed by atoms with E-state index in [-0.39, 0.29) is 0 Å². The van der Waals surface area contributed by atoms with Gasteiger partial charge in [-0.15, -0.1) is 0 Å². The summed E-state index contributed by atoms with van der Waals surface area (Å²) < 4.78 is 0. The van der Waals surface area contributed by atoms with Crippen molar-refractivity contribution in [2.24, 2.45) is 5.73 Å². The van der Waals surface area contributed by atoms with E-state index in [0.29, 0.717) is 0 Å². The number of carbonyl (C=O) groups is 1. The minimum atomic E-state index is -0.435. The summed E-state index contributed by atoms with van der Waals surface area (Å²) in [5.41, 5.74) is 10.9. The molecule has 0 aliphatic rings. The SMILES string of the molecule is Cc1ccc(-c2ccccc2/C=C/C(N)=O)cc1C. The van der Waals surface area contributed by atoms with Crippen LogP contribution in [0.5, 0.6) is 0 Å². The molecule has 1 amide bonds. The van der Waals surface area contributed by atoms with E-state index in [2.05, 4.69) is 32.0 Å². The second kappa shape index (κ2) is 5.53. The van der Waals surface area contributed by atoms with Crippen LogP contribution in [0.25, 0.3) is 17.2 Å². The second-order valence-corrected chi connectivity index (χ2v) is 4.62. The molecule has 0 fully saturated rings. The minimum Gasteiger partial charge on any atom is -0.366 e. The lowest BCUT2D eigenvalue weighted by molar-refractivity contribution is -0.113. The van der Waals surface area contributed by atoms with Crippen molar-refractivity contribution in [3.63, 3.8) is 0 Å². The Morgan fingerprint density at radius 3 is 2.47 bits per heavy atom. The molecule has 2 aromatic carbocycles. The zero-order chi connectivity index (χ0) is 13.8. The van der Waals surface area contributed by atoms with Crippen LogP contribution in [0, 0.1) is 13.8 Å². The number of hydrogen-bond donors (Lipinski definition) is 1. The van der Waals surface area contributed by atoms with Gasteiger partial charge in [0.25, 0.3) is 0 Å². The lowest BCUT2D eigenvalue weighted by Crippen LogP contribution is -2.05. The third-order valence-electron chi connectivity index (χ3n) is 3.21. The molecular weight excluding hydrogens is 234 g/mol. The highest BCUT2D eigenvalue weighted by Crippen LogP contribution is 2.26. The van der Waals surface area contributed by atoms with Crippen molar-refractivity contribution in [2.75, 3.05) is 0 Å². The van der Waals surface area contributed by atoms with Gasteiger partial charge in [0.15, 0.2) is 0 Å². The zero-order valence-corrected chi connectivity index (χ0v) is 11.2. The molecule has 0 aliphatic heterocycles. The van der Waals surface area contributed by atoms with E-state index in [1.807, 2.05) is 24.3 Å². The van der Waals surface area contributed by atoms with Crippen molar-refractivity contribution >= 4 is 12.0 Å². The standard InChI is InChI=1S/C17H17NO/c1-12-7-8-15(11-13(12)2)16-6-4-3-5-14(16)9-10-17(18)19/h3-11H,1-2H3,(H2,18,19)/b10-9+. The molecule has 2 rings (SSSR count). The number of aryl methyl sites for hydroxylation is 2. The molecule has 0 spiro atoms. The second-order valence-electron chi connectivity index (χ2n) is 4.62. The highest BCUT2D eigenvalue weighted by atomic mass is 16.1. The molecule has 0 saturated heterocycles. The first-order valence-corrected chi connectivity index (χ1v) is 6.22. The predicted molar refractivity (Wildman–Crippen MR) is 79.6 cm³/mol. The summed E-state index contributed by atoms with van der Waals surface area (Å²) in [6.07, 6.45) is 3.15. The summed E-state index contributed by atoms with van der Waals surface area (Å²) in [5.74, 6) is -0.435. The van der Waals surface area contributed by atoms with Crippen LogP contribution >= 0.6 is 0 Å². The first-order valence-electron chi connectivity index (χ1n) is 6.22. The lowest BCUT2D eigenvalue weighted by atomic mass is 9.96. The molecule has 0 atom stereocenters. The molecule has 2 aromatic rings. The Morgan fingerprint density at radius 2 is 1.79 bits per heavy atom. The van der Waals surface area contributed by atoms with Crippen molar-refractivity contribution in [3.05, 3.63) is 65.2 Å². The maximum absolute atomic E-state index is 10.9. The summed E-state index contributed by atoms with van der Waals surface area (Å²) in [5, 5.41) is 0. The summed E-state index contributed by atoms with van der Waals surface area (Å²) in [6.45, 7) is 4.19. The Morgan fingerprint density at radius 1 is 1.05 bits per heavy atom. The van der Waals surface area contributed by atoms with Gasteiger partial charge in [0, 0.05) is 6.08 Å². The van der Waals surface area contributed by atoms with Crippen molar-refractivity contribution < 1.29 is 4.79 Å². The van der Waals surface area contributed by atoms with E-state index in [1.165, 1.54) is 17.2 Å². The van der Waals surface area contributed by atoms with Crippen LogP contribution in [0.15, 0.2) is 48.5 Å². The Bertz CT molecular complexity index is 641. The monoisotopic (exact) mass is 251 g/mol. The molecule has 0 radical (unpaired) electrons. The molecule has 19 heavy (non-hydrogen) atoms. The third-order valence-corrected chi connectivity index (χ3v) is 3.21. The smallest absolute Gasteiger partial charge is 0.241 e. The third kappa shape index (κ3) is 3.10. The van der Waals surface area contributed by atoms with Gasteiger partial charge in [-0.25, -0.2) is 0 Å². The van der Waals surface area contributed by atoms with Gasteiger partial charge < -0.3 is 5.73 Å². The molecule has 0 aromatic heterocycles. The number of primary amides is 1. The van der Waals surface area contributed by atoms with Gasteiger partial charge in [-0.2, -0.15) is 0 Å². The van der Waals surface area contributed by atoms with Crippen LogP contribution in [0.4, 0.5) is 0 Å². The van der Waals surface area contributed by atoms with Gasteiger partial charge in [0.1, 0.15) is 0 Å². The number of hydrogen-bond acceptors (Lipinski definition) is 1. The molecule has 2 nitrogen and oxygen atoms in total. The molecule has 0 unspecified atom stereocenters. The molecule has 2 heteroatoms. The van der Waals surface area contributed by atoms with Crippen molar-refractivity contribution in [3.8, 4) is 11.1 Å². The Kier molecular flexibility index (Phi) is 3.81. The van der Waals surface area contributed by atoms with Crippen molar-refractivity contribution in [1.29, 1.82) is 0 Å². The van der Waals surface area contributed by atoms with Crippen molar-refractivity contribution in [1.82, 2.24) is 0 Å². The van der Waals surface area contributed by atoms with Crippen molar-refractivity contribution in [2.45, 2.75) is 13.8 Å². The quantitative estimate of drug-likeness (QED) is 0.834. The van der Waals surface area contributed by atoms with Gasteiger partial charge in [-0.05, 0) is 47.7 Å².